The highest BCUT2D eigenvalue weighted by atomic mass is 32.2. The number of hydrogen-bond donors (Lipinski definition) is 2. The van der Waals surface area contributed by atoms with Crippen molar-refractivity contribution in [3.8, 4) is 11.5 Å². The largest absolute Gasteiger partial charge is 0.493 e. The van der Waals surface area contributed by atoms with E-state index in [9.17, 15) is 9.59 Å². The Balaban J connectivity index is 1.78. The maximum atomic E-state index is 11.9. The fourth-order valence-electron chi connectivity index (χ4n) is 2.16. The highest BCUT2D eigenvalue weighted by molar-refractivity contribution is 8.15. The minimum Gasteiger partial charge on any atom is -0.493 e. The van der Waals surface area contributed by atoms with E-state index in [4.69, 9.17) is 15.2 Å². The molecule has 0 aromatic heterocycles. The minimum atomic E-state index is -0.504. The monoisotopic (exact) mass is 337 g/mol. The molecule has 7 nitrogen and oxygen atoms in total. The molecule has 0 fully saturated rings. The summed E-state index contributed by atoms with van der Waals surface area (Å²) < 4.78 is 10.4. The maximum Gasteiger partial charge on any atom is 0.262 e. The van der Waals surface area contributed by atoms with Gasteiger partial charge in [-0.15, -0.1) is 0 Å². The third-order valence-electron chi connectivity index (χ3n) is 3.31. The molecule has 1 heterocycles. The standard InChI is InChI=1S/C15H19N3O4S/c1-21-10-4-3-9(7-11(10)22-2)5-6-17-13(19)8-12-14(20)18-15(16)23-12/h3-4,7,12H,5-6,8H2,1-2H3,(H,17,19)(H2,16,18,20). The van der Waals surface area contributed by atoms with Gasteiger partial charge in [0.05, 0.1) is 14.2 Å². The number of carbonyl (C=O) groups excluding carboxylic acids is 2. The number of nitrogens with one attached hydrogen (secondary N) is 1. The van der Waals surface area contributed by atoms with Crippen molar-refractivity contribution in [3.63, 3.8) is 0 Å². The number of amidine groups is 1. The van der Waals surface area contributed by atoms with Crippen LogP contribution in [0.1, 0.15) is 12.0 Å². The molecule has 0 aliphatic carbocycles. The molecule has 0 saturated heterocycles. The van der Waals surface area contributed by atoms with E-state index in [1.807, 2.05) is 18.2 Å². The molecule has 1 aromatic carbocycles. The number of rotatable bonds is 7. The average molecular weight is 337 g/mol. The summed E-state index contributed by atoms with van der Waals surface area (Å²) in [7, 11) is 3.16. The second-order valence-corrected chi connectivity index (χ2v) is 6.11. The van der Waals surface area contributed by atoms with E-state index in [2.05, 4.69) is 10.3 Å². The van der Waals surface area contributed by atoms with Gasteiger partial charge < -0.3 is 20.5 Å². The third-order valence-corrected chi connectivity index (χ3v) is 4.30. The van der Waals surface area contributed by atoms with Crippen LogP contribution in [0.2, 0.25) is 0 Å². The Morgan fingerprint density at radius 2 is 2.09 bits per heavy atom. The van der Waals surface area contributed by atoms with Crippen LogP contribution in [0.5, 0.6) is 11.5 Å². The van der Waals surface area contributed by atoms with E-state index >= 15 is 0 Å². The Morgan fingerprint density at radius 3 is 2.70 bits per heavy atom. The zero-order valence-corrected chi connectivity index (χ0v) is 13.8. The first-order valence-electron chi connectivity index (χ1n) is 7.05. The molecule has 2 rings (SSSR count). The van der Waals surface area contributed by atoms with E-state index < -0.39 is 5.25 Å². The number of amides is 2. The van der Waals surface area contributed by atoms with Crippen LogP contribution in [-0.4, -0.2) is 43.0 Å². The van der Waals surface area contributed by atoms with Crippen LogP contribution < -0.4 is 20.5 Å². The number of nitrogens with two attached hydrogens (primary N) is 1. The molecule has 23 heavy (non-hydrogen) atoms. The van der Waals surface area contributed by atoms with Crippen LogP contribution in [0.3, 0.4) is 0 Å². The van der Waals surface area contributed by atoms with Crippen molar-refractivity contribution in [1.29, 1.82) is 0 Å². The van der Waals surface area contributed by atoms with Crippen LogP contribution in [0.25, 0.3) is 0 Å². The molecule has 124 valence electrons. The highest BCUT2D eigenvalue weighted by Gasteiger charge is 2.28. The number of hydrogen-bond acceptors (Lipinski definition) is 6. The Bertz CT molecular complexity index is 633. The predicted octanol–water partition coefficient (Wildman–Crippen LogP) is 0.709. The van der Waals surface area contributed by atoms with Gasteiger partial charge in [-0.1, -0.05) is 17.8 Å². The number of thioether (sulfide) groups is 1. The van der Waals surface area contributed by atoms with Crippen LogP contribution in [0.15, 0.2) is 23.2 Å². The molecule has 1 unspecified atom stereocenters. The van der Waals surface area contributed by atoms with Crippen molar-refractivity contribution in [2.45, 2.75) is 18.1 Å². The van der Waals surface area contributed by atoms with E-state index in [0.29, 0.717) is 24.5 Å². The van der Waals surface area contributed by atoms with Crippen LogP contribution in [-0.2, 0) is 16.0 Å². The lowest BCUT2D eigenvalue weighted by molar-refractivity contribution is -0.124. The van der Waals surface area contributed by atoms with Crippen LogP contribution >= 0.6 is 11.8 Å². The Hall–Kier alpha value is -2.22. The van der Waals surface area contributed by atoms with Crippen molar-refractivity contribution < 1.29 is 19.1 Å². The molecule has 3 N–H and O–H groups in total. The molecule has 1 aliphatic rings. The third kappa shape index (κ3) is 4.62. The normalized spacial score (nSPS) is 16.9. The lowest BCUT2D eigenvalue weighted by Crippen LogP contribution is -2.29. The van der Waals surface area contributed by atoms with E-state index in [0.717, 1.165) is 17.3 Å². The van der Waals surface area contributed by atoms with Gasteiger partial charge in [0.15, 0.2) is 16.7 Å². The molecule has 0 saturated carbocycles. The molecule has 2 amide bonds. The molecule has 1 atom stereocenters. The second kappa shape index (κ2) is 7.87. The van der Waals surface area contributed by atoms with Gasteiger partial charge in [0, 0.05) is 13.0 Å². The molecule has 0 radical (unpaired) electrons. The lowest BCUT2D eigenvalue weighted by atomic mass is 10.1. The molecule has 8 heteroatoms. The number of carbonyl (C=O) groups is 2. The van der Waals surface area contributed by atoms with E-state index in [1.165, 1.54) is 0 Å². The van der Waals surface area contributed by atoms with Crippen LogP contribution in [0.4, 0.5) is 0 Å². The molecule has 1 aromatic rings. The number of benzene rings is 1. The number of ether oxygens (including phenoxy) is 2. The summed E-state index contributed by atoms with van der Waals surface area (Å²) in [5.74, 6) is 0.773. The van der Waals surface area contributed by atoms with Gasteiger partial charge in [-0.05, 0) is 24.1 Å². The van der Waals surface area contributed by atoms with Gasteiger partial charge in [-0.3, -0.25) is 9.59 Å². The summed E-state index contributed by atoms with van der Waals surface area (Å²) in [5, 5.41) is 2.51. The molecule has 0 bridgehead atoms. The summed E-state index contributed by atoms with van der Waals surface area (Å²) in [6, 6.07) is 5.61. The molecule has 1 aliphatic heterocycles. The number of methoxy groups -OCH3 is 2. The second-order valence-electron chi connectivity index (χ2n) is 4.89. The molecular weight excluding hydrogens is 318 g/mol. The zero-order chi connectivity index (χ0) is 16.8. The Morgan fingerprint density at radius 1 is 1.35 bits per heavy atom. The van der Waals surface area contributed by atoms with Crippen molar-refractivity contribution in [3.05, 3.63) is 23.8 Å². The smallest absolute Gasteiger partial charge is 0.262 e. The Labute approximate surface area is 138 Å². The summed E-state index contributed by atoms with van der Waals surface area (Å²) in [5.41, 5.74) is 6.47. The van der Waals surface area contributed by atoms with Gasteiger partial charge in [0.2, 0.25) is 5.91 Å². The lowest BCUT2D eigenvalue weighted by Gasteiger charge is -2.10. The first kappa shape index (κ1) is 17.1. The quantitative estimate of drug-likeness (QED) is 0.759. The number of aliphatic imine (C=N–C) groups is 1. The summed E-state index contributed by atoms with van der Waals surface area (Å²) in [4.78, 5) is 26.9. The summed E-state index contributed by atoms with van der Waals surface area (Å²) in [6.07, 6.45) is 0.732. The maximum absolute atomic E-state index is 11.9. The molecule has 0 spiro atoms. The van der Waals surface area contributed by atoms with Crippen molar-refractivity contribution in [1.82, 2.24) is 5.32 Å². The summed E-state index contributed by atoms with van der Waals surface area (Å²) in [6.45, 7) is 0.468. The average Bonchev–Trinajstić information content (AvgIpc) is 2.84. The predicted molar refractivity (Wildman–Crippen MR) is 88.9 cm³/mol. The fraction of sp³-hybridized carbons (Fsp3) is 0.400. The van der Waals surface area contributed by atoms with Crippen LogP contribution in [0, 0.1) is 0 Å². The van der Waals surface area contributed by atoms with Gasteiger partial charge in [-0.2, -0.15) is 4.99 Å². The van der Waals surface area contributed by atoms with E-state index in [1.54, 1.807) is 14.2 Å². The van der Waals surface area contributed by atoms with Crippen molar-refractivity contribution in [2.24, 2.45) is 10.7 Å². The van der Waals surface area contributed by atoms with Gasteiger partial charge in [0.25, 0.3) is 5.91 Å². The van der Waals surface area contributed by atoms with Gasteiger partial charge in [-0.25, -0.2) is 0 Å². The number of nitrogens with zero attached hydrogens (tertiary/aromatic N) is 1. The molecular formula is C15H19N3O4S. The van der Waals surface area contributed by atoms with Gasteiger partial charge >= 0.3 is 0 Å². The Kier molecular flexibility index (Phi) is 5.86. The highest BCUT2D eigenvalue weighted by Crippen LogP contribution is 2.27. The van der Waals surface area contributed by atoms with Crippen molar-refractivity contribution >= 4 is 28.7 Å². The van der Waals surface area contributed by atoms with E-state index in [-0.39, 0.29) is 23.4 Å². The SMILES string of the molecule is COc1ccc(CCNC(=O)CC2SC(N)=NC2=O)cc1OC. The zero-order valence-electron chi connectivity index (χ0n) is 13.0. The topological polar surface area (TPSA) is 103 Å². The van der Waals surface area contributed by atoms with Crippen molar-refractivity contribution in [2.75, 3.05) is 20.8 Å². The first-order chi connectivity index (χ1) is 11.0. The summed E-state index contributed by atoms with van der Waals surface area (Å²) >= 11 is 1.13. The fourth-order valence-corrected chi connectivity index (χ4v) is 2.98. The first-order valence-corrected chi connectivity index (χ1v) is 7.93. The minimum absolute atomic E-state index is 0.0830. The van der Waals surface area contributed by atoms with Gasteiger partial charge in [0.1, 0.15) is 5.25 Å².